The summed E-state index contributed by atoms with van der Waals surface area (Å²) in [6.07, 6.45) is 0.659. The van der Waals surface area contributed by atoms with Crippen LogP contribution in [0.2, 0.25) is 0 Å². The third kappa shape index (κ3) is 4.20. The van der Waals surface area contributed by atoms with Crippen LogP contribution in [0.15, 0.2) is 41.3 Å². The molecular weight excluding hydrogens is 375 g/mol. The second-order valence-electron chi connectivity index (χ2n) is 6.23. The molecule has 0 aromatic heterocycles. The molecule has 1 amide bonds. The van der Waals surface area contributed by atoms with Gasteiger partial charge in [0.2, 0.25) is 10.0 Å². The zero-order valence-corrected chi connectivity index (χ0v) is 15.4. The quantitative estimate of drug-likeness (QED) is 0.798. The molecule has 2 aromatic carbocycles. The summed E-state index contributed by atoms with van der Waals surface area (Å²) in [6, 6.07) is 8.43. The summed E-state index contributed by atoms with van der Waals surface area (Å²) in [5, 5.41) is 7.65. The van der Waals surface area contributed by atoms with Crippen LogP contribution in [0, 0.1) is 11.7 Å². The molecule has 9 heteroatoms. The van der Waals surface area contributed by atoms with Gasteiger partial charge in [0.15, 0.2) is 11.5 Å². The SMILES string of the molecule is COc1cccc2c1OC[C@@H](CNC(=O)c1cc(S(N)(=O)=O)ccc1F)C2. The molecule has 0 radical (unpaired) electrons. The fraction of sp³-hybridized carbons (Fsp3) is 0.278. The van der Waals surface area contributed by atoms with Crippen LogP contribution in [0.25, 0.3) is 0 Å². The lowest BCUT2D eigenvalue weighted by Gasteiger charge is -2.26. The molecule has 0 aliphatic carbocycles. The Morgan fingerprint density at radius 3 is 2.85 bits per heavy atom. The van der Waals surface area contributed by atoms with Gasteiger partial charge in [0.25, 0.3) is 5.91 Å². The zero-order chi connectivity index (χ0) is 19.6. The summed E-state index contributed by atoms with van der Waals surface area (Å²) in [6.45, 7) is 0.613. The first-order chi connectivity index (χ1) is 12.8. The highest BCUT2D eigenvalue weighted by molar-refractivity contribution is 7.89. The summed E-state index contributed by atoms with van der Waals surface area (Å²) in [5.41, 5.74) is 0.586. The third-order valence-electron chi connectivity index (χ3n) is 4.31. The van der Waals surface area contributed by atoms with Gasteiger partial charge in [-0.25, -0.2) is 17.9 Å². The summed E-state index contributed by atoms with van der Waals surface area (Å²) in [4.78, 5) is 12.0. The van der Waals surface area contributed by atoms with Crippen LogP contribution in [0.5, 0.6) is 11.5 Å². The van der Waals surface area contributed by atoms with E-state index in [4.69, 9.17) is 14.6 Å². The van der Waals surface area contributed by atoms with E-state index in [-0.39, 0.29) is 22.9 Å². The molecule has 144 valence electrons. The number of sulfonamides is 1. The molecule has 1 atom stereocenters. The third-order valence-corrected chi connectivity index (χ3v) is 5.23. The lowest BCUT2D eigenvalue weighted by Crippen LogP contribution is -2.35. The van der Waals surface area contributed by atoms with Crippen molar-refractivity contribution in [3.05, 3.63) is 53.3 Å². The molecule has 0 spiro atoms. The van der Waals surface area contributed by atoms with E-state index >= 15 is 0 Å². The average molecular weight is 394 g/mol. The highest BCUT2D eigenvalue weighted by Crippen LogP contribution is 2.35. The van der Waals surface area contributed by atoms with Gasteiger partial charge in [-0.3, -0.25) is 4.79 Å². The van der Waals surface area contributed by atoms with Crippen LogP contribution in [-0.2, 0) is 16.4 Å². The van der Waals surface area contributed by atoms with Crippen LogP contribution in [-0.4, -0.2) is 34.6 Å². The molecule has 0 saturated carbocycles. The fourth-order valence-corrected chi connectivity index (χ4v) is 3.48. The molecule has 1 aliphatic heterocycles. The van der Waals surface area contributed by atoms with Gasteiger partial charge in [0.1, 0.15) is 5.82 Å². The second kappa shape index (κ2) is 7.53. The molecule has 0 fully saturated rings. The van der Waals surface area contributed by atoms with Gasteiger partial charge >= 0.3 is 0 Å². The van der Waals surface area contributed by atoms with E-state index in [2.05, 4.69) is 5.32 Å². The van der Waals surface area contributed by atoms with Crippen molar-refractivity contribution in [1.29, 1.82) is 0 Å². The number of primary sulfonamides is 1. The topological polar surface area (TPSA) is 108 Å². The Balaban J connectivity index is 1.68. The van der Waals surface area contributed by atoms with E-state index in [0.29, 0.717) is 24.5 Å². The van der Waals surface area contributed by atoms with Gasteiger partial charge in [-0.05, 0) is 36.2 Å². The number of nitrogens with two attached hydrogens (primary N) is 1. The maximum atomic E-state index is 13.9. The van der Waals surface area contributed by atoms with Crippen LogP contribution < -0.4 is 19.9 Å². The number of carbonyl (C=O) groups is 1. The largest absolute Gasteiger partial charge is 0.493 e. The van der Waals surface area contributed by atoms with Crippen LogP contribution in [0.1, 0.15) is 15.9 Å². The van der Waals surface area contributed by atoms with Crippen molar-refractivity contribution in [2.24, 2.45) is 11.1 Å². The van der Waals surface area contributed by atoms with E-state index in [9.17, 15) is 17.6 Å². The minimum Gasteiger partial charge on any atom is -0.493 e. The Labute approximate surface area is 156 Å². The van der Waals surface area contributed by atoms with E-state index in [1.54, 1.807) is 7.11 Å². The van der Waals surface area contributed by atoms with Crippen LogP contribution in [0.3, 0.4) is 0 Å². The summed E-state index contributed by atoms with van der Waals surface area (Å²) in [5.74, 6) is -0.214. The van der Waals surface area contributed by atoms with E-state index in [1.165, 1.54) is 0 Å². The zero-order valence-electron chi connectivity index (χ0n) is 14.6. The molecule has 0 saturated heterocycles. The van der Waals surface area contributed by atoms with Crippen molar-refractivity contribution in [3.63, 3.8) is 0 Å². The van der Waals surface area contributed by atoms with Crippen molar-refractivity contribution < 1.29 is 27.1 Å². The number of methoxy groups -OCH3 is 1. The van der Waals surface area contributed by atoms with Gasteiger partial charge in [0, 0.05) is 12.5 Å². The summed E-state index contributed by atoms with van der Waals surface area (Å²) < 4.78 is 47.7. The van der Waals surface area contributed by atoms with Crippen molar-refractivity contribution in [2.75, 3.05) is 20.3 Å². The summed E-state index contributed by atoms with van der Waals surface area (Å²) >= 11 is 0. The number of amides is 1. The minimum absolute atomic E-state index is 0.0157. The number of carbonyl (C=O) groups excluding carboxylic acids is 1. The number of fused-ring (bicyclic) bond motifs is 1. The highest BCUT2D eigenvalue weighted by atomic mass is 32.2. The normalized spacial score (nSPS) is 16.2. The molecule has 1 aliphatic rings. The molecular formula is C18H19FN2O5S. The number of ether oxygens (including phenoxy) is 2. The smallest absolute Gasteiger partial charge is 0.254 e. The first-order valence-corrected chi connectivity index (χ1v) is 9.73. The number of hydrogen-bond donors (Lipinski definition) is 2. The number of nitrogens with one attached hydrogen (secondary N) is 1. The standard InChI is InChI=1S/C18H19FN2O5S/c1-25-16-4-2-3-12-7-11(10-26-17(12)16)9-21-18(22)14-8-13(27(20,23)24)5-6-15(14)19/h2-6,8,11H,7,9-10H2,1H3,(H,21,22)(H2,20,23,24)/t11-/m1/s1. The van der Waals surface area contributed by atoms with Crippen molar-refractivity contribution in [1.82, 2.24) is 5.32 Å². The maximum absolute atomic E-state index is 13.9. The van der Waals surface area contributed by atoms with Crippen molar-refractivity contribution in [3.8, 4) is 11.5 Å². The van der Waals surface area contributed by atoms with Gasteiger partial charge in [-0.2, -0.15) is 0 Å². The average Bonchev–Trinajstić information content (AvgIpc) is 2.64. The number of halogens is 1. The fourth-order valence-electron chi connectivity index (χ4n) is 2.94. The Bertz CT molecular complexity index is 978. The molecule has 2 aromatic rings. The minimum atomic E-state index is -4.03. The number of hydrogen-bond acceptors (Lipinski definition) is 5. The number of rotatable bonds is 5. The predicted octanol–water partition coefficient (Wildman–Crippen LogP) is 1.46. The first kappa shape index (κ1) is 19.1. The maximum Gasteiger partial charge on any atom is 0.254 e. The van der Waals surface area contributed by atoms with Crippen molar-refractivity contribution >= 4 is 15.9 Å². The summed E-state index contributed by atoms with van der Waals surface area (Å²) in [7, 11) is -2.46. The molecule has 27 heavy (non-hydrogen) atoms. The lowest BCUT2D eigenvalue weighted by atomic mass is 9.96. The van der Waals surface area contributed by atoms with E-state index in [1.807, 2.05) is 18.2 Å². The molecule has 3 N–H and O–H groups in total. The second-order valence-corrected chi connectivity index (χ2v) is 7.79. The number of benzene rings is 2. The lowest BCUT2D eigenvalue weighted by molar-refractivity contribution is 0.0934. The molecule has 1 heterocycles. The Morgan fingerprint density at radius 2 is 2.15 bits per heavy atom. The van der Waals surface area contributed by atoms with Crippen LogP contribution >= 0.6 is 0 Å². The van der Waals surface area contributed by atoms with Crippen molar-refractivity contribution in [2.45, 2.75) is 11.3 Å². The van der Waals surface area contributed by atoms with Crippen LogP contribution in [0.4, 0.5) is 4.39 Å². The molecule has 7 nitrogen and oxygen atoms in total. The van der Waals surface area contributed by atoms with Gasteiger partial charge in [-0.15, -0.1) is 0 Å². The number of para-hydroxylation sites is 1. The monoisotopic (exact) mass is 394 g/mol. The Hall–Kier alpha value is -2.65. The van der Waals surface area contributed by atoms with Gasteiger partial charge in [-0.1, -0.05) is 12.1 Å². The van der Waals surface area contributed by atoms with E-state index in [0.717, 1.165) is 23.8 Å². The van der Waals surface area contributed by atoms with Gasteiger partial charge in [0.05, 0.1) is 24.2 Å². The predicted molar refractivity (Wildman–Crippen MR) is 95.8 cm³/mol. The highest BCUT2D eigenvalue weighted by Gasteiger charge is 2.24. The molecule has 0 bridgehead atoms. The Morgan fingerprint density at radius 1 is 1.37 bits per heavy atom. The molecule has 3 rings (SSSR count). The van der Waals surface area contributed by atoms with E-state index < -0.39 is 21.7 Å². The first-order valence-electron chi connectivity index (χ1n) is 8.19. The Kier molecular flexibility index (Phi) is 5.33. The van der Waals surface area contributed by atoms with Gasteiger partial charge < -0.3 is 14.8 Å². The molecule has 0 unspecified atom stereocenters.